The second-order valence-electron chi connectivity index (χ2n) is 4.24. The van der Waals surface area contributed by atoms with Crippen LogP contribution in [0.4, 0.5) is 11.4 Å². The summed E-state index contributed by atoms with van der Waals surface area (Å²) in [4.78, 5) is 11.2. The Morgan fingerprint density at radius 1 is 1.28 bits per heavy atom. The summed E-state index contributed by atoms with van der Waals surface area (Å²) >= 11 is 0. The summed E-state index contributed by atoms with van der Waals surface area (Å²) in [5, 5.41) is 30.4. The average molecular weight is 254 g/mol. The normalized spacial score (nSPS) is 11.3. The van der Waals surface area contributed by atoms with E-state index in [1.165, 1.54) is 13.0 Å². The van der Waals surface area contributed by atoms with E-state index in [1.807, 2.05) is 0 Å². The largest absolute Gasteiger partial charge is 0.398 e. The molecule has 6 heteroatoms. The molecule has 6 nitrogen and oxygen atoms in total. The van der Waals surface area contributed by atoms with Crippen molar-refractivity contribution in [2.45, 2.75) is 12.5 Å². The SMILES string of the molecule is CC(=O)c1ccc(NC(CO)(CO)CO)cc1N. The lowest BCUT2D eigenvalue weighted by atomic mass is 10.0. The Labute approximate surface area is 105 Å². The zero-order valence-electron chi connectivity index (χ0n) is 10.2. The van der Waals surface area contributed by atoms with Gasteiger partial charge in [-0.3, -0.25) is 4.79 Å². The Balaban J connectivity index is 2.98. The van der Waals surface area contributed by atoms with E-state index in [0.29, 0.717) is 16.9 Å². The number of nitrogen functional groups attached to an aromatic ring is 1. The maximum atomic E-state index is 11.2. The van der Waals surface area contributed by atoms with Crippen LogP contribution in [0.25, 0.3) is 0 Å². The van der Waals surface area contributed by atoms with Gasteiger partial charge in [-0.15, -0.1) is 0 Å². The van der Waals surface area contributed by atoms with Crippen molar-refractivity contribution < 1.29 is 20.1 Å². The van der Waals surface area contributed by atoms with Crippen LogP contribution in [0.15, 0.2) is 18.2 Å². The Hall–Kier alpha value is -1.63. The number of Topliss-reactive ketones (excluding diaryl/α,β-unsaturated/α-hetero) is 1. The van der Waals surface area contributed by atoms with Crippen molar-refractivity contribution in [2.75, 3.05) is 30.9 Å². The van der Waals surface area contributed by atoms with Gasteiger partial charge in [0.1, 0.15) is 5.54 Å². The van der Waals surface area contributed by atoms with Crippen molar-refractivity contribution in [2.24, 2.45) is 0 Å². The lowest BCUT2D eigenvalue weighted by molar-refractivity contribution is 0.0833. The molecular formula is C12H18N2O4. The number of aliphatic hydroxyl groups excluding tert-OH is 3. The van der Waals surface area contributed by atoms with E-state index in [2.05, 4.69) is 5.32 Å². The minimum Gasteiger partial charge on any atom is -0.398 e. The maximum absolute atomic E-state index is 11.2. The zero-order chi connectivity index (χ0) is 13.8. The van der Waals surface area contributed by atoms with Crippen molar-refractivity contribution in [3.8, 4) is 0 Å². The van der Waals surface area contributed by atoms with E-state index in [4.69, 9.17) is 5.73 Å². The fraction of sp³-hybridized carbons (Fsp3) is 0.417. The van der Waals surface area contributed by atoms with E-state index < -0.39 is 25.4 Å². The quantitative estimate of drug-likeness (QED) is 0.348. The first-order valence-electron chi connectivity index (χ1n) is 5.49. The van der Waals surface area contributed by atoms with Gasteiger partial charge in [-0.2, -0.15) is 0 Å². The fourth-order valence-corrected chi connectivity index (χ4v) is 1.54. The molecular weight excluding hydrogens is 236 g/mol. The number of rotatable bonds is 6. The lowest BCUT2D eigenvalue weighted by Crippen LogP contribution is -2.49. The van der Waals surface area contributed by atoms with Gasteiger partial charge in [0.05, 0.1) is 19.8 Å². The molecule has 0 saturated carbocycles. The van der Waals surface area contributed by atoms with Gasteiger partial charge in [0.15, 0.2) is 5.78 Å². The number of carbonyl (C=O) groups is 1. The number of ketones is 1. The molecule has 0 spiro atoms. The molecule has 0 radical (unpaired) electrons. The molecule has 0 amide bonds. The summed E-state index contributed by atoms with van der Waals surface area (Å²) in [7, 11) is 0. The van der Waals surface area contributed by atoms with Gasteiger partial charge >= 0.3 is 0 Å². The highest BCUT2D eigenvalue weighted by Gasteiger charge is 2.27. The molecule has 1 rings (SSSR count). The molecule has 0 fully saturated rings. The molecule has 0 aliphatic carbocycles. The summed E-state index contributed by atoms with van der Waals surface area (Å²) in [6, 6.07) is 4.67. The second kappa shape index (κ2) is 5.81. The van der Waals surface area contributed by atoms with Crippen molar-refractivity contribution in [3.63, 3.8) is 0 Å². The summed E-state index contributed by atoms with van der Waals surface area (Å²) in [5.41, 5.74) is 5.71. The minimum absolute atomic E-state index is 0.142. The van der Waals surface area contributed by atoms with E-state index in [9.17, 15) is 20.1 Å². The van der Waals surface area contributed by atoms with E-state index in [0.717, 1.165) is 0 Å². The first-order chi connectivity index (χ1) is 8.48. The Bertz CT molecular complexity index is 422. The van der Waals surface area contributed by atoms with Crippen LogP contribution in [0.5, 0.6) is 0 Å². The molecule has 100 valence electrons. The molecule has 0 bridgehead atoms. The molecule has 0 saturated heterocycles. The van der Waals surface area contributed by atoms with Crippen molar-refractivity contribution in [1.29, 1.82) is 0 Å². The molecule has 18 heavy (non-hydrogen) atoms. The van der Waals surface area contributed by atoms with Crippen LogP contribution in [-0.4, -0.2) is 46.5 Å². The van der Waals surface area contributed by atoms with Gasteiger partial charge in [0, 0.05) is 16.9 Å². The van der Waals surface area contributed by atoms with E-state index >= 15 is 0 Å². The third-order valence-corrected chi connectivity index (χ3v) is 2.75. The number of benzene rings is 1. The number of hydrogen-bond acceptors (Lipinski definition) is 6. The summed E-state index contributed by atoms with van der Waals surface area (Å²) in [6.45, 7) is 0.107. The van der Waals surface area contributed by atoms with Gasteiger partial charge < -0.3 is 26.4 Å². The van der Waals surface area contributed by atoms with Crippen LogP contribution in [0.1, 0.15) is 17.3 Å². The first-order valence-corrected chi connectivity index (χ1v) is 5.49. The Morgan fingerprint density at radius 3 is 2.22 bits per heavy atom. The molecule has 0 aliphatic heterocycles. The lowest BCUT2D eigenvalue weighted by Gasteiger charge is -2.30. The van der Waals surface area contributed by atoms with E-state index in [1.54, 1.807) is 12.1 Å². The topological polar surface area (TPSA) is 116 Å². The number of nitrogens with one attached hydrogen (secondary N) is 1. The molecule has 0 aliphatic rings. The van der Waals surface area contributed by atoms with Crippen LogP contribution in [0.3, 0.4) is 0 Å². The molecule has 0 aromatic heterocycles. The number of anilines is 2. The molecule has 6 N–H and O–H groups in total. The van der Waals surface area contributed by atoms with Gasteiger partial charge in [0.25, 0.3) is 0 Å². The number of nitrogens with two attached hydrogens (primary N) is 1. The van der Waals surface area contributed by atoms with Crippen LogP contribution in [-0.2, 0) is 0 Å². The number of carbonyl (C=O) groups excluding carboxylic acids is 1. The Kier molecular flexibility index (Phi) is 4.66. The highest BCUT2D eigenvalue weighted by atomic mass is 16.3. The predicted molar refractivity (Wildman–Crippen MR) is 68.5 cm³/mol. The summed E-state index contributed by atoms with van der Waals surface area (Å²) in [6.07, 6.45) is 0. The Morgan fingerprint density at radius 2 is 1.83 bits per heavy atom. The summed E-state index contributed by atoms with van der Waals surface area (Å²) in [5.74, 6) is -0.142. The predicted octanol–water partition coefficient (Wildman–Crippen LogP) is -0.401. The standard InChI is InChI=1S/C12H18N2O4/c1-8(18)10-3-2-9(4-11(10)13)14-12(5-15,6-16)7-17/h2-4,14-17H,5-7,13H2,1H3. The second-order valence-corrected chi connectivity index (χ2v) is 4.24. The number of aliphatic hydroxyl groups is 3. The first kappa shape index (κ1) is 14.4. The van der Waals surface area contributed by atoms with Crippen LogP contribution >= 0.6 is 0 Å². The van der Waals surface area contributed by atoms with Crippen molar-refractivity contribution >= 4 is 17.2 Å². The van der Waals surface area contributed by atoms with Crippen LogP contribution in [0, 0.1) is 0 Å². The van der Waals surface area contributed by atoms with Gasteiger partial charge in [-0.1, -0.05) is 0 Å². The molecule has 0 heterocycles. The molecule has 1 aromatic carbocycles. The smallest absolute Gasteiger partial charge is 0.161 e. The molecule has 0 unspecified atom stereocenters. The zero-order valence-corrected chi connectivity index (χ0v) is 10.2. The van der Waals surface area contributed by atoms with Crippen molar-refractivity contribution in [1.82, 2.24) is 0 Å². The van der Waals surface area contributed by atoms with Crippen LogP contribution in [0.2, 0.25) is 0 Å². The highest BCUT2D eigenvalue weighted by Crippen LogP contribution is 2.21. The van der Waals surface area contributed by atoms with Gasteiger partial charge in [-0.05, 0) is 25.1 Å². The third kappa shape index (κ3) is 2.98. The molecule has 0 atom stereocenters. The monoisotopic (exact) mass is 254 g/mol. The molecule has 1 aromatic rings. The summed E-state index contributed by atoms with van der Waals surface area (Å²) < 4.78 is 0. The van der Waals surface area contributed by atoms with E-state index in [-0.39, 0.29) is 5.78 Å². The third-order valence-electron chi connectivity index (χ3n) is 2.75. The van der Waals surface area contributed by atoms with Crippen molar-refractivity contribution in [3.05, 3.63) is 23.8 Å². The fourth-order valence-electron chi connectivity index (χ4n) is 1.54. The van der Waals surface area contributed by atoms with Gasteiger partial charge in [-0.25, -0.2) is 0 Å². The average Bonchev–Trinajstić information content (AvgIpc) is 2.36. The minimum atomic E-state index is -1.22. The van der Waals surface area contributed by atoms with Gasteiger partial charge in [0.2, 0.25) is 0 Å². The van der Waals surface area contributed by atoms with Crippen LogP contribution < -0.4 is 11.1 Å². The highest BCUT2D eigenvalue weighted by molar-refractivity contribution is 5.99. The maximum Gasteiger partial charge on any atom is 0.161 e. The number of hydrogen-bond donors (Lipinski definition) is 5.